The van der Waals surface area contributed by atoms with Crippen LogP contribution in [0.25, 0.3) is 0 Å². The second-order valence-electron chi connectivity index (χ2n) is 5.87. The van der Waals surface area contributed by atoms with Gasteiger partial charge in [0.05, 0.1) is 25.4 Å². The lowest BCUT2D eigenvalue weighted by molar-refractivity contribution is -0.0626. The fraction of sp³-hybridized carbons (Fsp3) is 0.933. The molecule has 1 aliphatic heterocycles. The van der Waals surface area contributed by atoms with Crippen LogP contribution in [0.5, 0.6) is 0 Å². The minimum absolute atomic E-state index is 0.0643. The van der Waals surface area contributed by atoms with Crippen molar-refractivity contribution in [3.05, 3.63) is 0 Å². The van der Waals surface area contributed by atoms with Crippen molar-refractivity contribution < 1.29 is 9.47 Å². The minimum Gasteiger partial charge on any atom is -0.378 e. The maximum Gasteiger partial charge on any atom is 0.191 e. The fourth-order valence-electron chi connectivity index (χ4n) is 2.98. The largest absolute Gasteiger partial charge is 0.378 e. The summed E-state index contributed by atoms with van der Waals surface area (Å²) < 4.78 is 11.5. The number of aliphatic imine (C=N–C) groups is 1. The molecule has 2 aliphatic rings. The molecule has 0 spiro atoms. The molecule has 0 aromatic carbocycles. The molecule has 0 unspecified atom stereocenters. The zero-order valence-corrected chi connectivity index (χ0v) is 12.8. The third-order valence-electron chi connectivity index (χ3n) is 4.24. The van der Waals surface area contributed by atoms with Gasteiger partial charge in [0, 0.05) is 19.7 Å². The summed E-state index contributed by atoms with van der Waals surface area (Å²) in [5.74, 6) is 0.651. The van der Waals surface area contributed by atoms with Crippen molar-refractivity contribution in [3.8, 4) is 0 Å². The molecule has 2 N–H and O–H groups in total. The van der Waals surface area contributed by atoms with Gasteiger partial charge in [-0.15, -0.1) is 0 Å². The van der Waals surface area contributed by atoms with Crippen LogP contribution in [0, 0.1) is 0 Å². The topological polar surface area (TPSA) is 60.1 Å². The molecule has 116 valence electrons. The molecule has 5 heteroatoms. The number of ether oxygens (including phenoxy) is 2. The average molecular weight is 283 g/mol. The van der Waals surface area contributed by atoms with Crippen LogP contribution >= 0.6 is 0 Å². The molecular formula is C15H29N3O2. The summed E-state index contributed by atoms with van der Waals surface area (Å²) in [6.45, 7) is 6.86. The van der Waals surface area contributed by atoms with E-state index in [1.165, 1.54) is 19.3 Å². The molecule has 0 bridgehead atoms. The molecule has 0 amide bonds. The Morgan fingerprint density at radius 2 is 1.95 bits per heavy atom. The molecule has 0 atom stereocenters. The summed E-state index contributed by atoms with van der Waals surface area (Å²) in [6.07, 6.45) is 7.11. The zero-order chi connectivity index (χ0) is 14.3. The maximum absolute atomic E-state index is 6.15. The summed E-state index contributed by atoms with van der Waals surface area (Å²) in [5.41, 5.74) is 6.05. The summed E-state index contributed by atoms with van der Waals surface area (Å²) in [5, 5.41) is 0. The molecule has 1 saturated carbocycles. The van der Waals surface area contributed by atoms with Gasteiger partial charge in [-0.1, -0.05) is 26.2 Å². The first-order chi connectivity index (χ1) is 9.76. The highest BCUT2D eigenvalue weighted by Gasteiger charge is 2.32. The third-order valence-corrected chi connectivity index (χ3v) is 4.24. The predicted octanol–water partition coefficient (Wildman–Crippen LogP) is 1.76. The first-order valence-corrected chi connectivity index (χ1v) is 8.02. The van der Waals surface area contributed by atoms with Crippen LogP contribution < -0.4 is 5.73 Å². The Kier molecular flexibility index (Phi) is 6.10. The molecule has 0 aromatic heterocycles. The highest BCUT2D eigenvalue weighted by Crippen LogP contribution is 2.32. The van der Waals surface area contributed by atoms with Crippen molar-refractivity contribution >= 4 is 5.96 Å². The minimum atomic E-state index is -0.0643. The molecule has 2 rings (SSSR count). The zero-order valence-electron chi connectivity index (χ0n) is 12.8. The molecule has 1 aliphatic carbocycles. The van der Waals surface area contributed by atoms with Crippen molar-refractivity contribution in [3.63, 3.8) is 0 Å². The van der Waals surface area contributed by atoms with Gasteiger partial charge in [0.1, 0.15) is 0 Å². The normalized spacial score (nSPS) is 23.9. The average Bonchev–Trinajstić information content (AvgIpc) is 2.52. The standard InChI is InChI=1S/C15H29N3O2/c1-2-10-20-15(6-4-3-5-7-15)13-17-14(16)18-8-11-19-12-9-18/h2-13H2,1H3,(H2,16,17). The number of nitrogens with zero attached hydrogens (tertiary/aromatic N) is 2. The number of hydrogen-bond acceptors (Lipinski definition) is 3. The van der Waals surface area contributed by atoms with Gasteiger partial charge in [0.25, 0.3) is 0 Å². The molecule has 0 aromatic rings. The number of nitrogens with two attached hydrogens (primary N) is 1. The first kappa shape index (κ1) is 15.6. The molecule has 5 nitrogen and oxygen atoms in total. The Labute approximate surface area is 122 Å². The van der Waals surface area contributed by atoms with E-state index in [9.17, 15) is 0 Å². The van der Waals surface area contributed by atoms with Crippen LogP contribution in [0.4, 0.5) is 0 Å². The van der Waals surface area contributed by atoms with Crippen molar-refractivity contribution in [2.45, 2.75) is 51.0 Å². The lowest BCUT2D eigenvalue weighted by atomic mass is 9.84. The van der Waals surface area contributed by atoms with Crippen LogP contribution in [-0.4, -0.2) is 55.9 Å². The lowest BCUT2D eigenvalue weighted by Crippen LogP contribution is -2.46. The summed E-state index contributed by atoms with van der Waals surface area (Å²) >= 11 is 0. The second-order valence-corrected chi connectivity index (χ2v) is 5.87. The molecule has 1 saturated heterocycles. The van der Waals surface area contributed by atoms with Gasteiger partial charge in [-0.25, -0.2) is 0 Å². The van der Waals surface area contributed by atoms with E-state index >= 15 is 0 Å². The van der Waals surface area contributed by atoms with Crippen LogP contribution in [0.1, 0.15) is 45.4 Å². The van der Waals surface area contributed by atoms with E-state index < -0.39 is 0 Å². The first-order valence-electron chi connectivity index (χ1n) is 8.02. The van der Waals surface area contributed by atoms with Gasteiger partial charge < -0.3 is 20.1 Å². The molecule has 1 heterocycles. The molecular weight excluding hydrogens is 254 g/mol. The number of guanidine groups is 1. The van der Waals surface area contributed by atoms with Gasteiger partial charge in [-0.2, -0.15) is 0 Å². The van der Waals surface area contributed by atoms with E-state index in [2.05, 4.69) is 16.8 Å². The van der Waals surface area contributed by atoms with Crippen LogP contribution in [0.3, 0.4) is 0 Å². The van der Waals surface area contributed by atoms with Crippen molar-refractivity contribution in [1.29, 1.82) is 0 Å². The van der Waals surface area contributed by atoms with E-state index in [1.807, 2.05) is 0 Å². The quantitative estimate of drug-likeness (QED) is 0.617. The predicted molar refractivity (Wildman–Crippen MR) is 80.9 cm³/mol. The monoisotopic (exact) mass is 283 g/mol. The third kappa shape index (κ3) is 4.35. The number of morpholine rings is 1. The van der Waals surface area contributed by atoms with E-state index in [-0.39, 0.29) is 5.60 Å². The molecule has 0 radical (unpaired) electrons. The van der Waals surface area contributed by atoms with Crippen molar-refractivity contribution in [2.75, 3.05) is 39.5 Å². The highest BCUT2D eigenvalue weighted by atomic mass is 16.5. The van der Waals surface area contributed by atoms with Gasteiger partial charge in [-0.05, 0) is 19.3 Å². The van der Waals surface area contributed by atoms with Gasteiger partial charge in [-0.3, -0.25) is 4.99 Å². The Hall–Kier alpha value is -0.810. The molecule has 20 heavy (non-hydrogen) atoms. The van der Waals surface area contributed by atoms with Gasteiger partial charge >= 0.3 is 0 Å². The van der Waals surface area contributed by atoms with Crippen LogP contribution in [0.2, 0.25) is 0 Å². The smallest absolute Gasteiger partial charge is 0.191 e. The van der Waals surface area contributed by atoms with E-state index in [0.717, 1.165) is 52.2 Å². The van der Waals surface area contributed by atoms with Gasteiger partial charge in [0.2, 0.25) is 0 Å². The van der Waals surface area contributed by atoms with Crippen LogP contribution in [-0.2, 0) is 9.47 Å². The van der Waals surface area contributed by atoms with Gasteiger partial charge in [0.15, 0.2) is 5.96 Å². The Balaban J connectivity index is 1.92. The molecule has 2 fully saturated rings. The maximum atomic E-state index is 6.15. The second kappa shape index (κ2) is 7.84. The highest BCUT2D eigenvalue weighted by molar-refractivity contribution is 5.78. The fourth-order valence-corrected chi connectivity index (χ4v) is 2.98. The summed E-state index contributed by atoms with van der Waals surface area (Å²) in [6, 6.07) is 0. The van der Waals surface area contributed by atoms with Crippen molar-refractivity contribution in [2.24, 2.45) is 10.7 Å². The van der Waals surface area contributed by atoms with Crippen molar-refractivity contribution in [1.82, 2.24) is 4.90 Å². The SMILES string of the molecule is CCCOC1(CN=C(N)N2CCOCC2)CCCCC1. The lowest BCUT2D eigenvalue weighted by Gasteiger charge is -2.36. The van der Waals surface area contributed by atoms with E-state index in [1.54, 1.807) is 0 Å². The Bertz CT molecular complexity index is 308. The van der Waals surface area contributed by atoms with E-state index in [4.69, 9.17) is 15.2 Å². The Morgan fingerprint density at radius 3 is 2.60 bits per heavy atom. The summed E-state index contributed by atoms with van der Waals surface area (Å²) in [7, 11) is 0. The number of hydrogen-bond donors (Lipinski definition) is 1. The number of rotatable bonds is 5. The summed E-state index contributed by atoms with van der Waals surface area (Å²) in [4.78, 5) is 6.75. The van der Waals surface area contributed by atoms with E-state index in [0.29, 0.717) is 12.5 Å². The Morgan fingerprint density at radius 1 is 1.25 bits per heavy atom. The van der Waals surface area contributed by atoms with Crippen LogP contribution in [0.15, 0.2) is 4.99 Å².